The van der Waals surface area contributed by atoms with E-state index in [2.05, 4.69) is 31.2 Å². The zero-order valence-corrected chi connectivity index (χ0v) is 13.4. The first-order chi connectivity index (χ1) is 9.60. The summed E-state index contributed by atoms with van der Waals surface area (Å²) in [7, 11) is 1.92. The summed E-state index contributed by atoms with van der Waals surface area (Å²) in [6.07, 6.45) is 7.33. The second-order valence-electron chi connectivity index (χ2n) is 4.78. The largest absolute Gasteiger partial charge is 0.489 e. The molecule has 4 nitrogen and oxygen atoms in total. The predicted molar refractivity (Wildman–Crippen MR) is 82.8 cm³/mol. The zero-order chi connectivity index (χ0) is 14.5. The van der Waals surface area contributed by atoms with E-state index in [1.54, 1.807) is 12.4 Å². The smallest absolute Gasteiger partial charge is 0.138 e. The Morgan fingerprint density at radius 1 is 1.05 bits per heavy atom. The van der Waals surface area contributed by atoms with E-state index in [4.69, 9.17) is 4.74 Å². The number of halogens is 1. The van der Waals surface area contributed by atoms with Crippen molar-refractivity contribution in [1.29, 1.82) is 0 Å². The molecule has 0 aromatic carbocycles. The summed E-state index contributed by atoms with van der Waals surface area (Å²) in [6.45, 7) is 4.00. The van der Waals surface area contributed by atoms with Gasteiger partial charge in [-0.25, -0.2) is 0 Å². The summed E-state index contributed by atoms with van der Waals surface area (Å²) in [6, 6.07) is 4.09. The topological polar surface area (TPSA) is 47.0 Å². The lowest BCUT2D eigenvalue weighted by Gasteiger charge is -2.18. The van der Waals surface area contributed by atoms with Crippen molar-refractivity contribution in [1.82, 2.24) is 15.3 Å². The van der Waals surface area contributed by atoms with Crippen molar-refractivity contribution in [2.75, 3.05) is 7.05 Å². The van der Waals surface area contributed by atoms with Gasteiger partial charge in [0, 0.05) is 23.1 Å². The highest BCUT2D eigenvalue weighted by atomic mass is 79.9. The molecule has 1 N–H and O–H groups in total. The second-order valence-corrected chi connectivity index (χ2v) is 5.69. The standard InChI is InChI=1S/C15H18BrN3O/c1-10(2)20-14-5-12(7-19-9-14)15(17-3)11-4-13(16)8-18-6-11/h4-10,15,17H,1-3H3. The van der Waals surface area contributed by atoms with Gasteiger partial charge in [-0.3, -0.25) is 9.97 Å². The molecule has 5 heteroatoms. The normalized spacial score (nSPS) is 12.4. The number of ether oxygens (including phenoxy) is 1. The Morgan fingerprint density at radius 3 is 2.30 bits per heavy atom. The number of aromatic nitrogens is 2. The lowest BCUT2D eigenvalue weighted by Crippen LogP contribution is -2.18. The highest BCUT2D eigenvalue weighted by molar-refractivity contribution is 9.10. The maximum atomic E-state index is 5.69. The number of nitrogens with zero attached hydrogens (tertiary/aromatic N) is 2. The molecule has 0 fully saturated rings. The van der Waals surface area contributed by atoms with E-state index in [0.29, 0.717) is 0 Å². The number of rotatable bonds is 5. The van der Waals surface area contributed by atoms with E-state index < -0.39 is 0 Å². The van der Waals surface area contributed by atoms with Crippen LogP contribution >= 0.6 is 15.9 Å². The van der Waals surface area contributed by atoms with Gasteiger partial charge < -0.3 is 10.1 Å². The number of hydrogen-bond donors (Lipinski definition) is 1. The number of nitrogens with one attached hydrogen (secondary N) is 1. The first-order valence-corrected chi connectivity index (χ1v) is 7.28. The van der Waals surface area contributed by atoms with Crippen LogP contribution in [0.1, 0.15) is 31.0 Å². The molecule has 1 atom stereocenters. The van der Waals surface area contributed by atoms with E-state index in [1.807, 2.05) is 45.4 Å². The van der Waals surface area contributed by atoms with Crippen LogP contribution in [0.3, 0.4) is 0 Å². The van der Waals surface area contributed by atoms with Gasteiger partial charge in [0.25, 0.3) is 0 Å². The average Bonchev–Trinajstić information content (AvgIpc) is 2.39. The van der Waals surface area contributed by atoms with Crippen molar-refractivity contribution in [3.8, 4) is 5.75 Å². The van der Waals surface area contributed by atoms with Crippen molar-refractivity contribution in [3.05, 3.63) is 52.5 Å². The molecule has 2 heterocycles. The SMILES string of the molecule is CNC(c1cncc(Br)c1)c1cncc(OC(C)C)c1. The van der Waals surface area contributed by atoms with Crippen LogP contribution < -0.4 is 10.1 Å². The molecule has 106 valence electrons. The van der Waals surface area contributed by atoms with Crippen LogP contribution in [0.5, 0.6) is 5.75 Å². The minimum Gasteiger partial charge on any atom is -0.489 e. The van der Waals surface area contributed by atoms with Crippen LogP contribution in [0.15, 0.2) is 41.4 Å². The van der Waals surface area contributed by atoms with Crippen molar-refractivity contribution in [2.24, 2.45) is 0 Å². The van der Waals surface area contributed by atoms with Gasteiger partial charge in [-0.15, -0.1) is 0 Å². The Bertz CT molecular complexity index is 575. The molecule has 0 bridgehead atoms. The predicted octanol–water partition coefficient (Wildman–Crippen LogP) is 3.34. The van der Waals surface area contributed by atoms with Gasteiger partial charge in [-0.1, -0.05) is 0 Å². The fraction of sp³-hybridized carbons (Fsp3) is 0.333. The average molecular weight is 336 g/mol. The first kappa shape index (κ1) is 14.9. The quantitative estimate of drug-likeness (QED) is 0.910. The number of hydrogen-bond acceptors (Lipinski definition) is 4. The lowest BCUT2D eigenvalue weighted by atomic mass is 10.0. The monoisotopic (exact) mass is 335 g/mol. The summed E-state index contributed by atoms with van der Waals surface area (Å²) in [4.78, 5) is 8.47. The van der Waals surface area contributed by atoms with Gasteiger partial charge in [0.15, 0.2) is 0 Å². The summed E-state index contributed by atoms with van der Waals surface area (Å²) in [5.41, 5.74) is 2.12. The van der Waals surface area contributed by atoms with E-state index in [0.717, 1.165) is 21.3 Å². The molecule has 0 aliphatic carbocycles. The maximum Gasteiger partial charge on any atom is 0.138 e. The third kappa shape index (κ3) is 3.77. The van der Waals surface area contributed by atoms with Crippen molar-refractivity contribution >= 4 is 15.9 Å². The Hall–Kier alpha value is -1.46. The molecule has 2 rings (SSSR count). The Kier molecular flexibility index (Phi) is 5.09. The second kappa shape index (κ2) is 6.81. The Morgan fingerprint density at radius 2 is 1.70 bits per heavy atom. The first-order valence-electron chi connectivity index (χ1n) is 6.49. The molecule has 0 amide bonds. The number of pyridine rings is 2. The minimum atomic E-state index is 0.0308. The minimum absolute atomic E-state index is 0.0308. The van der Waals surface area contributed by atoms with Gasteiger partial charge in [0.1, 0.15) is 5.75 Å². The van der Waals surface area contributed by atoms with Gasteiger partial charge in [-0.2, -0.15) is 0 Å². The van der Waals surface area contributed by atoms with Gasteiger partial charge in [-0.05, 0) is 60.1 Å². The fourth-order valence-electron chi connectivity index (χ4n) is 2.04. The molecule has 2 aromatic rings. The van der Waals surface area contributed by atoms with E-state index in [1.165, 1.54) is 0 Å². The van der Waals surface area contributed by atoms with Crippen LogP contribution in [0.4, 0.5) is 0 Å². The third-order valence-corrected chi connectivity index (χ3v) is 3.22. The van der Waals surface area contributed by atoms with E-state index >= 15 is 0 Å². The molecular weight excluding hydrogens is 318 g/mol. The molecule has 1 unspecified atom stereocenters. The zero-order valence-electron chi connectivity index (χ0n) is 11.8. The molecule has 0 saturated carbocycles. The summed E-state index contributed by atoms with van der Waals surface area (Å²) in [5.74, 6) is 0.778. The summed E-state index contributed by atoms with van der Waals surface area (Å²) < 4.78 is 6.65. The molecule has 0 aliphatic heterocycles. The van der Waals surface area contributed by atoms with Crippen LogP contribution in [0.2, 0.25) is 0 Å². The molecular formula is C15H18BrN3O. The van der Waals surface area contributed by atoms with Crippen LogP contribution in [0, 0.1) is 0 Å². The van der Waals surface area contributed by atoms with Crippen molar-refractivity contribution in [3.63, 3.8) is 0 Å². The molecule has 2 aromatic heterocycles. The van der Waals surface area contributed by atoms with Crippen LogP contribution in [0.25, 0.3) is 0 Å². The fourth-order valence-corrected chi connectivity index (χ4v) is 2.42. The highest BCUT2D eigenvalue weighted by Gasteiger charge is 2.14. The Labute approximate surface area is 127 Å². The van der Waals surface area contributed by atoms with Crippen molar-refractivity contribution < 1.29 is 4.74 Å². The summed E-state index contributed by atoms with van der Waals surface area (Å²) in [5, 5.41) is 3.29. The third-order valence-electron chi connectivity index (χ3n) is 2.79. The van der Waals surface area contributed by atoms with Gasteiger partial charge in [0.05, 0.1) is 18.3 Å². The van der Waals surface area contributed by atoms with Gasteiger partial charge in [0.2, 0.25) is 0 Å². The van der Waals surface area contributed by atoms with E-state index in [9.17, 15) is 0 Å². The van der Waals surface area contributed by atoms with Crippen molar-refractivity contribution in [2.45, 2.75) is 26.0 Å². The Balaban J connectivity index is 2.32. The molecule has 0 saturated heterocycles. The maximum absolute atomic E-state index is 5.69. The highest BCUT2D eigenvalue weighted by Crippen LogP contribution is 2.25. The van der Waals surface area contributed by atoms with Crippen LogP contribution in [-0.4, -0.2) is 23.1 Å². The lowest BCUT2D eigenvalue weighted by molar-refractivity contribution is 0.241. The van der Waals surface area contributed by atoms with Crippen LogP contribution in [-0.2, 0) is 0 Å². The van der Waals surface area contributed by atoms with E-state index in [-0.39, 0.29) is 12.1 Å². The molecule has 20 heavy (non-hydrogen) atoms. The van der Waals surface area contributed by atoms with Gasteiger partial charge >= 0.3 is 0 Å². The molecule has 0 spiro atoms. The molecule has 0 aliphatic rings. The summed E-state index contributed by atoms with van der Waals surface area (Å²) >= 11 is 3.45. The molecule has 0 radical (unpaired) electrons.